The second kappa shape index (κ2) is 10.7. The molecule has 0 saturated carbocycles. The maximum atomic E-state index is 9.75. The third kappa shape index (κ3) is 9.03. The molecule has 28 heavy (non-hydrogen) atoms. The Bertz CT molecular complexity index is 635. The predicted octanol–water partition coefficient (Wildman–Crippen LogP) is 7.80. The fourth-order valence-corrected chi connectivity index (χ4v) is 3.40. The fourth-order valence-electron chi connectivity index (χ4n) is 3.40. The van der Waals surface area contributed by atoms with Crippen LogP contribution in [0.2, 0.25) is 0 Å². The van der Waals surface area contributed by atoms with E-state index in [1.165, 1.54) is 11.1 Å². The average Bonchev–Trinajstić information content (AvgIpc) is 3.00. The molecular formula is C17H24B2F8Fe. The Morgan fingerprint density at radius 2 is 1.25 bits per heavy atom. The van der Waals surface area contributed by atoms with Crippen molar-refractivity contribution in [1.29, 1.82) is 0 Å². The molecule has 2 atom stereocenters. The van der Waals surface area contributed by atoms with Crippen molar-refractivity contribution in [1.82, 2.24) is 0 Å². The molecule has 0 spiro atoms. The summed E-state index contributed by atoms with van der Waals surface area (Å²) in [6.45, 7) is 14.0. The number of rotatable bonds is 1. The summed E-state index contributed by atoms with van der Waals surface area (Å²) in [6.07, 6.45) is 7.92. The molecule has 0 amide bonds. The fraction of sp³-hybridized carbons (Fsp3) is 0.529. The van der Waals surface area contributed by atoms with Crippen molar-refractivity contribution < 1.29 is 51.6 Å². The Kier molecular flexibility index (Phi) is 11.2. The molecule has 2 unspecified atom stereocenters. The minimum absolute atomic E-state index is 0. The van der Waals surface area contributed by atoms with Crippen LogP contribution < -0.4 is 0 Å². The van der Waals surface area contributed by atoms with Crippen LogP contribution in [0.5, 0.6) is 0 Å². The van der Waals surface area contributed by atoms with E-state index in [9.17, 15) is 34.5 Å². The number of halogens is 8. The molecule has 0 nitrogen and oxygen atoms in total. The normalized spacial score (nSPS) is 24.6. The van der Waals surface area contributed by atoms with Crippen LogP contribution in [0.4, 0.5) is 34.5 Å². The van der Waals surface area contributed by atoms with Crippen LogP contribution in [-0.2, 0) is 17.1 Å². The van der Waals surface area contributed by atoms with Gasteiger partial charge in [0.05, 0.1) is 0 Å². The summed E-state index contributed by atoms with van der Waals surface area (Å²) in [7, 11) is -12.0. The largest absolute Gasteiger partial charge is 2.00 e. The molecular weight excluding hydrogens is 434 g/mol. The third-order valence-corrected chi connectivity index (χ3v) is 5.45. The van der Waals surface area contributed by atoms with Crippen LogP contribution >= 0.6 is 0 Å². The first-order valence-electron chi connectivity index (χ1n) is 8.37. The quantitative estimate of drug-likeness (QED) is 0.278. The van der Waals surface area contributed by atoms with E-state index in [2.05, 4.69) is 59.8 Å². The van der Waals surface area contributed by atoms with Crippen LogP contribution in [0.25, 0.3) is 0 Å². The van der Waals surface area contributed by atoms with Crippen LogP contribution in [0.3, 0.4) is 0 Å². The van der Waals surface area contributed by atoms with Crippen molar-refractivity contribution >= 4 is 14.5 Å². The van der Waals surface area contributed by atoms with Crippen LogP contribution in [0.1, 0.15) is 48.0 Å². The maximum absolute atomic E-state index is 9.75. The maximum Gasteiger partial charge on any atom is 2.00 e. The summed E-state index contributed by atoms with van der Waals surface area (Å²) in [5, 5.41) is 0. The smallest absolute Gasteiger partial charge is 0.418 e. The average molecular weight is 458 g/mol. The summed E-state index contributed by atoms with van der Waals surface area (Å²) < 4.78 is 78.0. The molecule has 0 bridgehead atoms. The van der Waals surface area contributed by atoms with E-state index in [0.29, 0.717) is 5.92 Å². The number of hydrogen-bond donors (Lipinski definition) is 0. The molecule has 0 fully saturated rings. The monoisotopic (exact) mass is 458 g/mol. The Hall–Kier alpha value is -0.951. The van der Waals surface area contributed by atoms with Gasteiger partial charge in [-0.15, -0.1) is 0 Å². The molecule has 0 aliphatic heterocycles. The molecule has 0 radical (unpaired) electrons. The predicted molar refractivity (Wildman–Crippen MR) is 96.2 cm³/mol. The van der Waals surface area contributed by atoms with E-state index < -0.39 is 14.5 Å². The zero-order valence-corrected chi connectivity index (χ0v) is 17.7. The van der Waals surface area contributed by atoms with Crippen molar-refractivity contribution in [2.75, 3.05) is 0 Å². The van der Waals surface area contributed by atoms with Gasteiger partial charge < -0.3 is 34.5 Å². The van der Waals surface area contributed by atoms with Gasteiger partial charge in [0.2, 0.25) is 0 Å². The first-order valence-corrected chi connectivity index (χ1v) is 8.37. The minimum Gasteiger partial charge on any atom is -0.418 e. The van der Waals surface area contributed by atoms with Gasteiger partial charge in [-0.3, -0.25) is 0 Å². The van der Waals surface area contributed by atoms with Crippen LogP contribution in [0.15, 0.2) is 46.1 Å². The molecule has 0 aromatic rings. The summed E-state index contributed by atoms with van der Waals surface area (Å²) in [6, 6.07) is 0. The van der Waals surface area contributed by atoms with Gasteiger partial charge in [-0.1, -0.05) is 48.8 Å². The van der Waals surface area contributed by atoms with E-state index in [-0.39, 0.29) is 22.5 Å². The summed E-state index contributed by atoms with van der Waals surface area (Å²) in [4.78, 5) is 0. The minimum atomic E-state index is -6.00. The molecule has 11 heteroatoms. The molecule has 0 N–H and O–H groups in total. The van der Waals surface area contributed by atoms with Gasteiger partial charge in [0.15, 0.2) is 0 Å². The molecule has 2 rings (SSSR count). The molecule has 0 saturated heterocycles. The molecule has 0 aromatic heterocycles. The number of allylic oxidation sites excluding steroid dienone is 8. The van der Waals surface area contributed by atoms with Gasteiger partial charge in [-0.05, 0) is 51.2 Å². The first-order chi connectivity index (χ1) is 11.9. The molecule has 162 valence electrons. The van der Waals surface area contributed by atoms with Crippen molar-refractivity contribution in [3.63, 3.8) is 0 Å². The SMILES string of the molecule is CC1=C(C)C(C)C(C)(C2=CC=CC2)C(C)=C1C.F[B-](F)(F)F.F[B-](F)(F)F.[Fe+2]. The van der Waals surface area contributed by atoms with Crippen molar-refractivity contribution in [3.8, 4) is 0 Å². The third-order valence-electron chi connectivity index (χ3n) is 5.45. The summed E-state index contributed by atoms with van der Waals surface area (Å²) in [5.74, 6) is 0.609. The molecule has 2 aliphatic rings. The van der Waals surface area contributed by atoms with Gasteiger partial charge in [0.1, 0.15) is 0 Å². The van der Waals surface area contributed by atoms with Gasteiger partial charge in [0, 0.05) is 5.41 Å². The van der Waals surface area contributed by atoms with E-state index in [1.807, 2.05) is 0 Å². The van der Waals surface area contributed by atoms with E-state index in [1.54, 1.807) is 16.7 Å². The zero-order chi connectivity index (χ0) is 21.8. The second-order valence-corrected chi connectivity index (χ2v) is 6.80. The van der Waals surface area contributed by atoms with Crippen molar-refractivity contribution in [3.05, 3.63) is 46.1 Å². The molecule has 0 aromatic carbocycles. The van der Waals surface area contributed by atoms with Crippen molar-refractivity contribution in [2.24, 2.45) is 11.3 Å². The van der Waals surface area contributed by atoms with Gasteiger partial charge >= 0.3 is 31.6 Å². The summed E-state index contributed by atoms with van der Waals surface area (Å²) >= 11 is 0. The zero-order valence-electron chi connectivity index (χ0n) is 16.5. The first kappa shape index (κ1) is 29.3. The van der Waals surface area contributed by atoms with E-state index in [4.69, 9.17) is 0 Å². The Labute approximate surface area is 171 Å². The Balaban J connectivity index is 0. The topological polar surface area (TPSA) is 0 Å². The molecule has 2 aliphatic carbocycles. The Morgan fingerprint density at radius 3 is 1.57 bits per heavy atom. The van der Waals surface area contributed by atoms with Gasteiger partial charge in [0.25, 0.3) is 0 Å². The molecule has 0 heterocycles. The standard InChI is InChI=1S/C17H24.2BF4.Fe/c1-11-12(2)14(4)17(6,15(5)13(11)3)16-9-7-8-10-16;2*2-1(3,4)5;/h7-9,14H,10H2,1-6H3;;;/q;2*-1;+2. The van der Waals surface area contributed by atoms with E-state index >= 15 is 0 Å². The second-order valence-electron chi connectivity index (χ2n) is 6.80. The van der Waals surface area contributed by atoms with Crippen LogP contribution in [0, 0.1) is 11.3 Å². The van der Waals surface area contributed by atoms with E-state index in [0.717, 1.165) is 6.42 Å². The Morgan fingerprint density at radius 1 is 0.857 bits per heavy atom. The summed E-state index contributed by atoms with van der Waals surface area (Å²) in [5.41, 5.74) is 7.91. The number of hydrogen-bond acceptors (Lipinski definition) is 0. The van der Waals surface area contributed by atoms with Gasteiger partial charge in [-0.2, -0.15) is 0 Å². The van der Waals surface area contributed by atoms with Gasteiger partial charge in [-0.25, -0.2) is 0 Å². The van der Waals surface area contributed by atoms with Crippen molar-refractivity contribution in [2.45, 2.75) is 48.0 Å². The van der Waals surface area contributed by atoms with Crippen LogP contribution in [-0.4, -0.2) is 14.5 Å².